The number of halogens is 2. The van der Waals surface area contributed by atoms with Gasteiger partial charge in [0, 0.05) is 30.8 Å². The van der Waals surface area contributed by atoms with Gasteiger partial charge >= 0.3 is 0 Å². The van der Waals surface area contributed by atoms with Crippen molar-refractivity contribution in [2.24, 2.45) is 0 Å². The second-order valence-corrected chi connectivity index (χ2v) is 10.4. The summed E-state index contributed by atoms with van der Waals surface area (Å²) >= 11 is 6.17. The molecule has 1 fully saturated rings. The first-order chi connectivity index (χ1) is 15.9. The number of piperidine rings is 1. The first-order valence-electron chi connectivity index (χ1n) is 11.1. The molecule has 1 aromatic heterocycles. The summed E-state index contributed by atoms with van der Waals surface area (Å²) in [4.78, 5) is 0.139. The summed E-state index contributed by atoms with van der Waals surface area (Å²) in [7, 11) is -3.95. The molecule has 1 unspecified atom stereocenters. The SMILES string of the molecule is CCCCN(c1cc(F)c(Cl)cc1-c1nncn1C1CCCNC1)S(=O)(=O)c1ccccc1. The molecule has 0 spiro atoms. The van der Waals surface area contributed by atoms with Crippen LogP contribution in [-0.4, -0.2) is 42.8 Å². The molecule has 1 saturated heterocycles. The topological polar surface area (TPSA) is 80.1 Å². The van der Waals surface area contributed by atoms with Gasteiger partial charge in [0.2, 0.25) is 0 Å². The third-order valence-electron chi connectivity index (χ3n) is 5.83. The Labute approximate surface area is 198 Å². The zero-order valence-corrected chi connectivity index (χ0v) is 20.0. The van der Waals surface area contributed by atoms with Crippen molar-refractivity contribution in [2.45, 2.75) is 43.5 Å². The Morgan fingerprint density at radius 1 is 1.27 bits per heavy atom. The van der Waals surface area contributed by atoms with Crippen molar-refractivity contribution >= 4 is 27.3 Å². The van der Waals surface area contributed by atoms with E-state index in [0.717, 1.165) is 32.4 Å². The van der Waals surface area contributed by atoms with Gasteiger partial charge in [-0.15, -0.1) is 10.2 Å². The fourth-order valence-corrected chi connectivity index (χ4v) is 5.79. The number of nitrogens with zero attached hydrogens (tertiary/aromatic N) is 4. The summed E-state index contributed by atoms with van der Waals surface area (Å²) in [6.45, 7) is 3.86. The van der Waals surface area contributed by atoms with Gasteiger partial charge in [0.1, 0.15) is 12.1 Å². The lowest BCUT2D eigenvalue weighted by Gasteiger charge is -2.28. The minimum absolute atomic E-state index is 0.0994. The molecule has 4 rings (SSSR count). The molecule has 3 aromatic rings. The Bertz CT molecular complexity index is 1200. The average Bonchev–Trinajstić information content (AvgIpc) is 3.32. The predicted molar refractivity (Wildman–Crippen MR) is 127 cm³/mol. The van der Waals surface area contributed by atoms with Crippen LogP contribution in [0.4, 0.5) is 10.1 Å². The first-order valence-corrected chi connectivity index (χ1v) is 12.9. The number of unbranched alkanes of at least 4 members (excludes halogenated alkanes) is 1. The Balaban J connectivity index is 1.88. The van der Waals surface area contributed by atoms with Gasteiger partial charge in [-0.05, 0) is 44.0 Å². The van der Waals surface area contributed by atoms with E-state index in [-0.39, 0.29) is 28.2 Å². The van der Waals surface area contributed by atoms with Crippen molar-refractivity contribution in [3.8, 4) is 11.4 Å². The number of sulfonamides is 1. The molecule has 1 atom stereocenters. The van der Waals surface area contributed by atoms with Gasteiger partial charge < -0.3 is 9.88 Å². The lowest BCUT2D eigenvalue weighted by molar-refractivity contribution is 0.373. The van der Waals surface area contributed by atoms with Gasteiger partial charge in [-0.1, -0.05) is 43.1 Å². The molecule has 0 saturated carbocycles. The Morgan fingerprint density at radius 3 is 2.76 bits per heavy atom. The summed E-state index contributed by atoms with van der Waals surface area (Å²) in [6, 6.07) is 10.9. The van der Waals surface area contributed by atoms with Gasteiger partial charge in [-0.25, -0.2) is 12.8 Å². The van der Waals surface area contributed by atoms with Crippen LogP contribution in [-0.2, 0) is 10.0 Å². The van der Waals surface area contributed by atoms with Crippen molar-refractivity contribution in [1.29, 1.82) is 0 Å². The Kier molecular flexibility index (Phi) is 7.31. The smallest absolute Gasteiger partial charge is 0.264 e. The van der Waals surface area contributed by atoms with Crippen LogP contribution in [0.15, 0.2) is 53.7 Å². The lowest BCUT2D eigenvalue weighted by atomic mass is 10.1. The standard InChI is InChI=1S/C23H27ClFN5O2S/c1-2-3-12-30(33(31,32)18-9-5-4-6-10-18)22-14-21(25)20(24)13-19(22)23-28-27-16-29(23)17-8-7-11-26-15-17/h4-6,9-10,13-14,16-17,26H,2-3,7-8,11-12,15H2,1H3. The molecule has 0 aliphatic carbocycles. The number of rotatable bonds is 8. The molecule has 2 heterocycles. The summed E-state index contributed by atoms with van der Waals surface area (Å²) in [5.41, 5.74) is 0.632. The molecule has 0 radical (unpaired) electrons. The van der Waals surface area contributed by atoms with E-state index in [1.807, 2.05) is 11.5 Å². The summed E-state index contributed by atoms with van der Waals surface area (Å²) in [5, 5.41) is 11.6. The molecule has 0 amide bonds. The quantitative estimate of drug-likeness (QED) is 0.495. The van der Waals surface area contributed by atoms with Crippen LogP contribution in [0.1, 0.15) is 38.6 Å². The number of aromatic nitrogens is 3. The zero-order chi connectivity index (χ0) is 23.4. The molecule has 10 heteroatoms. The minimum atomic E-state index is -3.95. The van der Waals surface area contributed by atoms with Crippen LogP contribution in [0.3, 0.4) is 0 Å². The van der Waals surface area contributed by atoms with Gasteiger partial charge in [-0.2, -0.15) is 0 Å². The molecule has 1 aliphatic rings. The second-order valence-electron chi connectivity index (χ2n) is 8.09. The van der Waals surface area contributed by atoms with E-state index >= 15 is 0 Å². The average molecular weight is 492 g/mol. The molecular formula is C23H27ClFN5O2S. The third-order valence-corrected chi connectivity index (χ3v) is 7.95. The van der Waals surface area contributed by atoms with Crippen molar-refractivity contribution in [2.75, 3.05) is 23.9 Å². The maximum Gasteiger partial charge on any atom is 0.264 e. The summed E-state index contributed by atoms with van der Waals surface area (Å²) in [5.74, 6) is -0.226. The monoisotopic (exact) mass is 491 g/mol. The fourth-order valence-electron chi connectivity index (χ4n) is 4.09. The highest BCUT2D eigenvalue weighted by Crippen LogP contribution is 2.38. The van der Waals surface area contributed by atoms with E-state index in [1.54, 1.807) is 24.5 Å². The van der Waals surface area contributed by atoms with Crippen LogP contribution in [0, 0.1) is 5.82 Å². The molecule has 7 nitrogen and oxygen atoms in total. The van der Waals surface area contributed by atoms with Crippen LogP contribution >= 0.6 is 11.6 Å². The number of benzene rings is 2. The van der Waals surface area contributed by atoms with Gasteiger partial charge in [0.25, 0.3) is 10.0 Å². The molecule has 2 aromatic carbocycles. The Morgan fingerprint density at radius 2 is 2.06 bits per heavy atom. The van der Waals surface area contributed by atoms with Crippen molar-refractivity contribution < 1.29 is 12.8 Å². The largest absolute Gasteiger partial charge is 0.315 e. The maximum absolute atomic E-state index is 14.7. The summed E-state index contributed by atoms with van der Waals surface area (Å²) < 4.78 is 45.2. The van der Waals surface area contributed by atoms with Crippen LogP contribution in [0.5, 0.6) is 0 Å². The first kappa shape index (κ1) is 23.7. The van der Waals surface area contributed by atoms with Crippen LogP contribution in [0.2, 0.25) is 5.02 Å². The van der Waals surface area contributed by atoms with Gasteiger partial charge in [0.15, 0.2) is 5.82 Å². The van der Waals surface area contributed by atoms with E-state index in [1.165, 1.54) is 28.6 Å². The summed E-state index contributed by atoms with van der Waals surface area (Å²) in [6.07, 6.45) is 4.95. The molecule has 33 heavy (non-hydrogen) atoms. The molecule has 0 bridgehead atoms. The molecule has 1 aliphatic heterocycles. The van der Waals surface area contributed by atoms with E-state index in [9.17, 15) is 12.8 Å². The van der Waals surface area contributed by atoms with E-state index in [4.69, 9.17) is 11.6 Å². The normalized spacial score (nSPS) is 16.6. The zero-order valence-electron chi connectivity index (χ0n) is 18.4. The van der Waals surface area contributed by atoms with Gasteiger partial charge in [-0.3, -0.25) is 4.31 Å². The number of anilines is 1. The van der Waals surface area contributed by atoms with Crippen molar-refractivity contribution in [3.63, 3.8) is 0 Å². The Hall–Kier alpha value is -2.49. The van der Waals surface area contributed by atoms with Crippen LogP contribution < -0.4 is 9.62 Å². The fraction of sp³-hybridized carbons (Fsp3) is 0.391. The van der Waals surface area contributed by atoms with E-state index in [2.05, 4.69) is 15.5 Å². The number of hydrogen-bond acceptors (Lipinski definition) is 5. The van der Waals surface area contributed by atoms with Crippen molar-refractivity contribution in [1.82, 2.24) is 20.1 Å². The second kappa shape index (κ2) is 10.2. The number of nitrogens with one attached hydrogen (secondary N) is 1. The highest BCUT2D eigenvalue weighted by Gasteiger charge is 2.30. The number of hydrogen-bond donors (Lipinski definition) is 1. The van der Waals surface area contributed by atoms with Crippen molar-refractivity contribution in [3.05, 3.63) is 59.6 Å². The lowest BCUT2D eigenvalue weighted by Crippen LogP contribution is -2.33. The van der Waals surface area contributed by atoms with E-state index in [0.29, 0.717) is 17.8 Å². The predicted octanol–water partition coefficient (Wildman–Crippen LogP) is 4.66. The van der Waals surface area contributed by atoms with Gasteiger partial charge in [0.05, 0.1) is 15.6 Å². The molecule has 1 N–H and O–H groups in total. The maximum atomic E-state index is 14.7. The highest BCUT2D eigenvalue weighted by atomic mass is 35.5. The van der Waals surface area contributed by atoms with E-state index < -0.39 is 15.8 Å². The highest BCUT2D eigenvalue weighted by molar-refractivity contribution is 7.92. The molecular weight excluding hydrogens is 465 g/mol. The van der Waals surface area contributed by atoms with Crippen LogP contribution in [0.25, 0.3) is 11.4 Å². The molecule has 176 valence electrons. The minimum Gasteiger partial charge on any atom is -0.315 e. The third kappa shape index (κ3) is 4.90.